The second-order valence-corrected chi connectivity index (χ2v) is 4.98. The molecule has 2 rings (SSSR count). The Kier molecular flexibility index (Phi) is 4.81. The molecule has 1 amide bonds. The maximum atomic E-state index is 11.3. The summed E-state index contributed by atoms with van der Waals surface area (Å²) in [6.07, 6.45) is 6.63. The standard InChI is InChI=1S/C12H23N5O/c13-16-12(15-10-4-2-1-3-5-10)17-8-6-11(18)14-7-9-17/h10H,1-9,13H2,(H,14,18)(H,15,16). The van der Waals surface area contributed by atoms with Crippen molar-refractivity contribution in [3.63, 3.8) is 0 Å². The first-order valence-corrected chi connectivity index (χ1v) is 6.85. The number of rotatable bonds is 1. The summed E-state index contributed by atoms with van der Waals surface area (Å²) in [5, 5.41) is 2.85. The Morgan fingerprint density at radius 3 is 2.83 bits per heavy atom. The molecule has 6 nitrogen and oxygen atoms in total. The van der Waals surface area contributed by atoms with Gasteiger partial charge in [-0.05, 0) is 12.8 Å². The Hall–Kier alpha value is -1.30. The SMILES string of the molecule is NNC(=NC1CCCCC1)N1CCNC(=O)CC1. The highest BCUT2D eigenvalue weighted by molar-refractivity contribution is 5.82. The molecule has 0 bridgehead atoms. The van der Waals surface area contributed by atoms with Gasteiger partial charge in [-0.25, -0.2) is 10.8 Å². The van der Waals surface area contributed by atoms with E-state index in [-0.39, 0.29) is 5.91 Å². The van der Waals surface area contributed by atoms with Crippen molar-refractivity contribution in [3.05, 3.63) is 0 Å². The first-order valence-electron chi connectivity index (χ1n) is 6.85. The van der Waals surface area contributed by atoms with E-state index < -0.39 is 0 Å². The van der Waals surface area contributed by atoms with Crippen molar-refractivity contribution in [1.29, 1.82) is 0 Å². The van der Waals surface area contributed by atoms with Crippen molar-refractivity contribution in [2.75, 3.05) is 19.6 Å². The zero-order valence-corrected chi connectivity index (χ0v) is 10.8. The van der Waals surface area contributed by atoms with E-state index in [1.807, 2.05) is 0 Å². The van der Waals surface area contributed by atoms with Crippen LogP contribution in [0, 0.1) is 0 Å². The van der Waals surface area contributed by atoms with Crippen molar-refractivity contribution < 1.29 is 4.79 Å². The lowest BCUT2D eigenvalue weighted by atomic mass is 9.96. The summed E-state index contributed by atoms with van der Waals surface area (Å²) in [4.78, 5) is 18.1. The van der Waals surface area contributed by atoms with E-state index in [0.717, 1.165) is 25.3 Å². The van der Waals surface area contributed by atoms with Gasteiger partial charge in [0.25, 0.3) is 0 Å². The third kappa shape index (κ3) is 3.60. The molecular weight excluding hydrogens is 230 g/mol. The second kappa shape index (κ2) is 6.58. The molecule has 6 heteroatoms. The van der Waals surface area contributed by atoms with Crippen LogP contribution >= 0.6 is 0 Å². The molecule has 1 saturated heterocycles. The van der Waals surface area contributed by atoms with Gasteiger partial charge in [0.05, 0.1) is 6.04 Å². The maximum Gasteiger partial charge on any atom is 0.221 e. The zero-order valence-electron chi connectivity index (χ0n) is 10.8. The van der Waals surface area contributed by atoms with Gasteiger partial charge in [0.15, 0.2) is 0 Å². The predicted molar refractivity (Wildman–Crippen MR) is 70.8 cm³/mol. The molecule has 1 heterocycles. The monoisotopic (exact) mass is 253 g/mol. The first-order chi connectivity index (χ1) is 8.79. The Labute approximate surface area is 108 Å². The minimum absolute atomic E-state index is 0.103. The van der Waals surface area contributed by atoms with Crippen LogP contribution in [0.25, 0.3) is 0 Å². The summed E-state index contributed by atoms with van der Waals surface area (Å²) in [7, 11) is 0. The number of nitrogens with zero attached hydrogens (tertiary/aromatic N) is 2. The molecule has 1 aliphatic heterocycles. The smallest absolute Gasteiger partial charge is 0.221 e. The lowest BCUT2D eigenvalue weighted by Crippen LogP contribution is -2.47. The molecule has 1 aliphatic carbocycles. The van der Waals surface area contributed by atoms with E-state index in [4.69, 9.17) is 10.8 Å². The lowest BCUT2D eigenvalue weighted by Gasteiger charge is -2.26. The third-order valence-corrected chi connectivity index (χ3v) is 3.62. The number of carbonyl (C=O) groups excluding carboxylic acids is 1. The van der Waals surface area contributed by atoms with Crippen LogP contribution in [0.1, 0.15) is 38.5 Å². The highest BCUT2D eigenvalue weighted by atomic mass is 16.1. The van der Waals surface area contributed by atoms with Gasteiger partial charge in [-0.15, -0.1) is 0 Å². The number of nitrogens with one attached hydrogen (secondary N) is 2. The van der Waals surface area contributed by atoms with E-state index in [1.54, 1.807) is 0 Å². The summed E-state index contributed by atoms with van der Waals surface area (Å²) in [6, 6.07) is 0.386. The predicted octanol–water partition coefficient (Wildman–Crippen LogP) is -0.0397. The average molecular weight is 253 g/mol. The zero-order chi connectivity index (χ0) is 12.8. The van der Waals surface area contributed by atoms with Crippen LogP contribution in [0.2, 0.25) is 0 Å². The van der Waals surface area contributed by atoms with Crippen LogP contribution in [0.3, 0.4) is 0 Å². The number of hydrogen-bond donors (Lipinski definition) is 3. The van der Waals surface area contributed by atoms with Gasteiger partial charge >= 0.3 is 0 Å². The minimum atomic E-state index is 0.103. The highest BCUT2D eigenvalue weighted by Gasteiger charge is 2.19. The molecule has 0 atom stereocenters. The van der Waals surface area contributed by atoms with E-state index in [1.165, 1.54) is 19.3 Å². The Morgan fingerprint density at radius 2 is 2.11 bits per heavy atom. The summed E-state index contributed by atoms with van der Waals surface area (Å²) in [6.45, 7) is 2.10. The summed E-state index contributed by atoms with van der Waals surface area (Å²) >= 11 is 0. The van der Waals surface area contributed by atoms with Gasteiger partial charge in [0.1, 0.15) is 0 Å². The second-order valence-electron chi connectivity index (χ2n) is 4.98. The first kappa shape index (κ1) is 13.1. The lowest BCUT2D eigenvalue weighted by molar-refractivity contribution is -0.120. The van der Waals surface area contributed by atoms with E-state index >= 15 is 0 Å². The van der Waals surface area contributed by atoms with Crippen LogP contribution in [0.5, 0.6) is 0 Å². The largest absolute Gasteiger partial charge is 0.354 e. The molecule has 102 valence electrons. The van der Waals surface area contributed by atoms with Crippen LogP contribution in [0.4, 0.5) is 0 Å². The maximum absolute atomic E-state index is 11.3. The minimum Gasteiger partial charge on any atom is -0.354 e. The Morgan fingerprint density at radius 1 is 1.33 bits per heavy atom. The molecule has 0 radical (unpaired) electrons. The molecule has 0 unspecified atom stereocenters. The molecule has 0 spiro atoms. The topological polar surface area (TPSA) is 82.8 Å². The number of carbonyl (C=O) groups is 1. The summed E-state index contributed by atoms with van der Waals surface area (Å²) in [5.41, 5.74) is 2.70. The molecule has 0 aromatic heterocycles. The van der Waals surface area contributed by atoms with Crippen LogP contribution < -0.4 is 16.6 Å². The number of amides is 1. The van der Waals surface area contributed by atoms with Crippen molar-refractivity contribution >= 4 is 11.9 Å². The molecule has 18 heavy (non-hydrogen) atoms. The van der Waals surface area contributed by atoms with Gasteiger partial charge in [-0.1, -0.05) is 19.3 Å². The summed E-state index contributed by atoms with van der Waals surface area (Å²) < 4.78 is 0. The number of hydrogen-bond acceptors (Lipinski definition) is 3. The van der Waals surface area contributed by atoms with Gasteiger partial charge in [-0.2, -0.15) is 0 Å². The number of aliphatic imine (C=N–C) groups is 1. The average Bonchev–Trinajstić information content (AvgIpc) is 2.62. The van der Waals surface area contributed by atoms with Gasteiger partial charge in [0, 0.05) is 26.1 Å². The highest BCUT2D eigenvalue weighted by Crippen LogP contribution is 2.20. The van der Waals surface area contributed by atoms with E-state index in [2.05, 4.69) is 15.6 Å². The number of nitrogens with two attached hydrogens (primary N) is 1. The van der Waals surface area contributed by atoms with Crippen molar-refractivity contribution in [2.45, 2.75) is 44.6 Å². The fraction of sp³-hybridized carbons (Fsp3) is 0.833. The molecule has 4 N–H and O–H groups in total. The van der Waals surface area contributed by atoms with Crippen molar-refractivity contribution in [1.82, 2.24) is 15.6 Å². The fourth-order valence-electron chi connectivity index (χ4n) is 2.57. The van der Waals surface area contributed by atoms with E-state index in [9.17, 15) is 4.79 Å². The van der Waals surface area contributed by atoms with Gasteiger partial charge in [-0.3, -0.25) is 10.2 Å². The van der Waals surface area contributed by atoms with Crippen LogP contribution in [0.15, 0.2) is 4.99 Å². The molecular formula is C12H23N5O. The van der Waals surface area contributed by atoms with Gasteiger partial charge in [0.2, 0.25) is 11.9 Å². The molecule has 1 saturated carbocycles. The molecule has 2 fully saturated rings. The number of guanidine groups is 1. The fourth-order valence-corrected chi connectivity index (χ4v) is 2.57. The molecule has 2 aliphatic rings. The van der Waals surface area contributed by atoms with E-state index in [0.29, 0.717) is 25.6 Å². The molecule has 0 aromatic carbocycles. The normalized spacial score (nSPS) is 23.5. The number of hydrazine groups is 1. The van der Waals surface area contributed by atoms with Gasteiger partial charge < -0.3 is 10.2 Å². The Bertz CT molecular complexity index is 312. The van der Waals surface area contributed by atoms with Crippen LogP contribution in [-0.2, 0) is 4.79 Å². The molecule has 0 aromatic rings. The Balaban J connectivity index is 1.97. The van der Waals surface area contributed by atoms with Crippen LogP contribution in [-0.4, -0.2) is 42.4 Å². The quantitative estimate of drug-likeness (QED) is 0.265. The third-order valence-electron chi connectivity index (χ3n) is 3.62. The van der Waals surface area contributed by atoms with Crippen molar-refractivity contribution in [2.24, 2.45) is 10.8 Å². The summed E-state index contributed by atoms with van der Waals surface area (Å²) in [5.74, 6) is 6.42. The van der Waals surface area contributed by atoms with Crippen molar-refractivity contribution in [3.8, 4) is 0 Å².